The van der Waals surface area contributed by atoms with E-state index in [1.807, 2.05) is 6.92 Å². The van der Waals surface area contributed by atoms with Gasteiger partial charge in [0.2, 0.25) is 0 Å². The Morgan fingerprint density at radius 3 is 2.45 bits per heavy atom. The molecule has 1 atom stereocenters. The Kier molecular flexibility index (Phi) is 2.38. The van der Waals surface area contributed by atoms with Gasteiger partial charge in [-0.1, -0.05) is 20.1 Å². The molecule has 0 aliphatic carbocycles. The highest BCUT2D eigenvalue weighted by atomic mass is 15.2. The van der Waals surface area contributed by atoms with E-state index in [2.05, 4.69) is 25.0 Å². The Bertz CT molecular complexity index is 181. The summed E-state index contributed by atoms with van der Waals surface area (Å²) in [5.74, 6) is 0.825. The van der Waals surface area contributed by atoms with Crippen LogP contribution in [-0.4, -0.2) is 18.0 Å². The fourth-order valence-electron chi connectivity index (χ4n) is 1.45. The van der Waals surface area contributed by atoms with E-state index in [4.69, 9.17) is 0 Å². The molecule has 0 radical (unpaired) electrons. The standard InChI is InChI=1S/C10H17N/c1-8(2)10(4)11-6-5-9(3)7-11/h9H,1,4-7H2,2-3H3/t9-/m1/s1. The zero-order valence-corrected chi connectivity index (χ0v) is 7.56. The number of nitrogens with zero attached hydrogens (tertiary/aromatic N) is 1. The van der Waals surface area contributed by atoms with Gasteiger partial charge in [0.05, 0.1) is 0 Å². The highest BCUT2D eigenvalue weighted by Gasteiger charge is 2.19. The van der Waals surface area contributed by atoms with E-state index in [0.29, 0.717) is 0 Å². The lowest BCUT2D eigenvalue weighted by molar-refractivity contribution is 0.419. The van der Waals surface area contributed by atoms with Gasteiger partial charge in [0.15, 0.2) is 0 Å². The minimum absolute atomic E-state index is 0.825. The minimum atomic E-state index is 0.825. The normalized spacial score (nSPS) is 23.8. The first-order valence-corrected chi connectivity index (χ1v) is 4.21. The second kappa shape index (κ2) is 3.12. The molecule has 0 aromatic rings. The van der Waals surface area contributed by atoms with Gasteiger partial charge >= 0.3 is 0 Å². The van der Waals surface area contributed by atoms with Gasteiger partial charge in [0, 0.05) is 18.8 Å². The zero-order chi connectivity index (χ0) is 8.43. The summed E-state index contributed by atoms with van der Waals surface area (Å²) in [6.45, 7) is 14.5. The molecular weight excluding hydrogens is 134 g/mol. The van der Waals surface area contributed by atoms with Crippen LogP contribution in [-0.2, 0) is 0 Å². The maximum absolute atomic E-state index is 4.00. The second-order valence-electron chi connectivity index (χ2n) is 3.57. The van der Waals surface area contributed by atoms with Crippen LogP contribution in [0.4, 0.5) is 0 Å². The Morgan fingerprint density at radius 1 is 1.45 bits per heavy atom. The number of rotatable bonds is 2. The van der Waals surface area contributed by atoms with Crippen molar-refractivity contribution in [3.63, 3.8) is 0 Å². The van der Waals surface area contributed by atoms with Crippen molar-refractivity contribution in [3.8, 4) is 0 Å². The lowest BCUT2D eigenvalue weighted by Gasteiger charge is -2.20. The van der Waals surface area contributed by atoms with E-state index in [1.165, 1.54) is 6.42 Å². The van der Waals surface area contributed by atoms with Crippen molar-refractivity contribution in [1.29, 1.82) is 0 Å². The second-order valence-corrected chi connectivity index (χ2v) is 3.57. The molecule has 0 spiro atoms. The van der Waals surface area contributed by atoms with Gasteiger partial charge in [-0.3, -0.25) is 0 Å². The van der Waals surface area contributed by atoms with Gasteiger partial charge in [-0.2, -0.15) is 0 Å². The van der Waals surface area contributed by atoms with Crippen molar-refractivity contribution in [3.05, 3.63) is 24.4 Å². The van der Waals surface area contributed by atoms with Crippen LogP contribution in [0.5, 0.6) is 0 Å². The molecule has 1 aliphatic heterocycles. The first kappa shape index (κ1) is 8.38. The van der Waals surface area contributed by atoms with Gasteiger partial charge in [0.25, 0.3) is 0 Å². The molecule has 0 N–H and O–H groups in total. The lowest BCUT2D eigenvalue weighted by atomic mass is 10.2. The molecule has 0 saturated carbocycles. The van der Waals surface area contributed by atoms with Crippen LogP contribution < -0.4 is 0 Å². The van der Waals surface area contributed by atoms with E-state index in [1.54, 1.807) is 0 Å². The molecule has 1 heterocycles. The maximum atomic E-state index is 4.00. The van der Waals surface area contributed by atoms with E-state index >= 15 is 0 Å². The largest absolute Gasteiger partial charge is 0.372 e. The van der Waals surface area contributed by atoms with Crippen LogP contribution in [0.15, 0.2) is 24.4 Å². The monoisotopic (exact) mass is 151 g/mol. The molecule has 1 nitrogen and oxygen atoms in total. The number of likely N-dealkylation sites (tertiary alicyclic amines) is 1. The molecular formula is C10H17N. The van der Waals surface area contributed by atoms with Crippen molar-refractivity contribution < 1.29 is 0 Å². The Balaban J connectivity index is 2.50. The van der Waals surface area contributed by atoms with Gasteiger partial charge in [-0.25, -0.2) is 0 Å². The smallest absolute Gasteiger partial charge is 0.0317 e. The molecule has 0 bridgehead atoms. The van der Waals surface area contributed by atoms with Gasteiger partial charge in [-0.15, -0.1) is 0 Å². The third kappa shape index (κ3) is 1.86. The topological polar surface area (TPSA) is 3.24 Å². The van der Waals surface area contributed by atoms with Crippen LogP contribution in [0.3, 0.4) is 0 Å². The maximum Gasteiger partial charge on any atom is 0.0317 e. The summed E-state index contributed by atoms with van der Waals surface area (Å²) in [7, 11) is 0. The summed E-state index contributed by atoms with van der Waals surface area (Å²) in [5, 5.41) is 0. The summed E-state index contributed by atoms with van der Waals surface area (Å²) < 4.78 is 0. The molecule has 1 saturated heterocycles. The first-order valence-electron chi connectivity index (χ1n) is 4.21. The lowest BCUT2D eigenvalue weighted by Crippen LogP contribution is -2.19. The zero-order valence-electron chi connectivity index (χ0n) is 7.56. The Labute approximate surface area is 69.4 Å². The Hall–Kier alpha value is -0.720. The van der Waals surface area contributed by atoms with Gasteiger partial charge < -0.3 is 4.90 Å². The SMILES string of the molecule is C=C(C)C(=C)N1CC[C@@H](C)C1. The number of hydrogen-bond acceptors (Lipinski definition) is 1. The molecule has 0 aromatic heterocycles. The van der Waals surface area contributed by atoms with Crippen LogP contribution in [0.1, 0.15) is 20.3 Å². The molecule has 1 heteroatoms. The van der Waals surface area contributed by atoms with E-state index in [0.717, 1.165) is 30.3 Å². The van der Waals surface area contributed by atoms with Crippen LogP contribution in [0.25, 0.3) is 0 Å². The molecule has 1 aliphatic rings. The number of hydrogen-bond donors (Lipinski definition) is 0. The quantitative estimate of drug-likeness (QED) is 0.548. The molecule has 1 fully saturated rings. The third-order valence-electron chi connectivity index (χ3n) is 2.30. The summed E-state index contributed by atoms with van der Waals surface area (Å²) >= 11 is 0. The first-order chi connectivity index (χ1) is 5.11. The minimum Gasteiger partial charge on any atom is -0.372 e. The average molecular weight is 151 g/mol. The molecule has 0 unspecified atom stereocenters. The van der Waals surface area contributed by atoms with Crippen LogP contribution >= 0.6 is 0 Å². The summed E-state index contributed by atoms with van der Waals surface area (Å²) in [5.41, 5.74) is 2.22. The predicted molar refractivity (Wildman–Crippen MR) is 49.3 cm³/mol. The van der Waals surface area contributed by atoms with E-state index in [9.17, 15) is 0 Å². The Morgan fingerprint density at radius 2 is 2.09 bits per heavy atom. The molecule has 0 aromatic carbocycles. The van der Waals surface area contributed by atoms with Crippen molar-refractivity contribution in [2.24, 2.45) is 5.92 Å². The number of allylic oxidation sites excluding steroid dienone is 1. The molecule has 0 amide bonds. The van der Waals surface area contributed by atoms with E-state index in [-0.39, 0.29) is 0 Å². The fourth-order valence-corrected chi connectivity index (χ4v) is 1.45. The molecule has 62 valence electrons. The van der Waals surface area contributed by atoms with Crippen LogP contribution in [0.2, 0.25) is 0 Å². The van der Waals surface area contributed by atoms with E-state index < -0.39 is 0 Å². The fraction of sp³-hybridized carbons (Fsp3) is 0.600. The van der Waals surface area contributed by atoms with Crippen molar-refractivity contribution in [2.45, 2.75) is 20.3 Å². The summed E-state index contributed by atoms with van der Waals surface area (Å²) in [6.07, 6.45) is 1.30. The van der Waals surface area contributed by atoms with Gasteiger partial charge in [0.1, 0.15) is 0 Å². The van der Waals surface area contributed by atoms with Crippen LogP contribution in [0, 0.1) is 5.92 Å². The highest BCUT2D eigenvalue weighted by Crippen LogP contribution is 2.21. The van der Waals surface area contributed by atoms with Gasteiger partial charge in [-0.05, 0) is 24.8 Å². The van der Waals surface area contributed by atoms with Crippen molar-refractivity contribution in [2.75, 3.05) is 13.1 Å². The third-order valence-corrected chi connectivity index (χ3v) is 2.30. The highest BCUT2D eigenvalue weighted by molar-refractivity contribution is 5.22. The molecule has 1 rings (SSSR count). The van der Waals surface area contributed by atoms with Crippen molar-refractivity contribution in [1.82, 2.24) is 4.90 Å². The predicted octanol–water partition coefficient (Wildman–Crippen LogP) is 2.42. The summed E-state index contributed by atoms with van der Waals surface area (Å²) in [4.78, 5) is 2.33. The van der Waals surface area contributed by atoms with Crippen molar-refractivity contribution >= 4 is 0 Å². The average Bonchev–Trinajstić information content (AvgIpc) is 2.34. The summed E-state index contributed by atoms with van der Waals surface area (Å²) in [6, 6.07) is 0. The molecule has 11 heavy (non-hydrogen) atoms.